The van der Waals surface area contributed by atoms with Gasteiger partial charge in [0.2, 0.25) is 0 Å². The molecule has 0 saturated heterocycles. The first-order chi connectivity index (χ1) is 11.7. The van der Waals surface area contributed by atoms with E-state index in [4.69, 9.17) is 17.3 Å². The number of benzene rings is 2. The molecule has 3 N–H and O–H groups in total. The summed E-state index contributed by atoms with van der Waals surface area (Å²) in [4.78, 5) is 8.77. The monoisotopic (exact) mass is 336 g/mol. The molecule has 2 aromatic heterocycles. The minimum atomic E-state index is 0.476. The van der Waals surface area contributed by atoms with E-state index in [1.807, 2.05) is 48.7 Å². The molecular formula is C17H13ClN6. The van der Waals surface area contributed by atoms with E-state index >= 15 is 0 Å². The smallest absolute Gasteiger partial charge is 0.252 e. The van der Waals surface area contributed by atoms with Crippen LogP contribution in [0.25, 0.3) is 16.9 Å². The van der Waals surface area contributed by atoms with Crippen molar-refractivity contribution in [1.29, 1.82) is 0 Å². The Morgan fingerprint density at radius 1 is 1.04 bits per heavy atom. The summed E-state index contributed by atoms with van der Waals surface area (Å²) < 4.78 is 1.64. The zero-order chi connectivity index (χ0) is 16.5. The van der Waals surface area contributed by atoms with Crippen LogP contribution in [-0.2, 0) is 0 Å². The zero-order valence-electron chi connectivity index (χ0n) is 12.5. The number of rotatable bonds is 3. The highest BCUT2D eigenvalue weighted by molar-refractivity contribution is 6.30. The fraction of sp³-hybridized carbons (Fsp3) is 0. The quantitative estimate of drug-likeness (QED) is 0.556. The maximum Gasteiger partial charge on any atom is 0.252 e. The molecule has 0 aliphatic carbocycles. The van der Waals surface area contributed by atoms with Crippen LogP contribution in [0.15, 0.2) is 60.9 Å². The standard InChI is InChI=1S/C17H13ClN6/c18-12-2-5-14(6-3-12)21-16-7-8-20-17(22-16)24-10-11-1-4-13(19)9-15(11)23-24/h1-10H,19H2,(H,20,21,22). The number of nitrogen functional groups attached to an aromatic ring is 1. The molecule has 0 bridgehead atoms. The van der Waals surface area contributed by atoms with Gasteiger partial charge in [-0.3, -0.25) is 0 Å². The van der Waals surface area contributed by atoms with Gasteiger partial charge in [-0.05, 0) is 48.5 Å². The van der Waals surface area contributed by atoms with E-state index < -0.39 is 0 Å². The Balaban J connectivity index is 1.66. The summed E-state index contributed by atoms with van der Waals surface area (Å²) in [5, 5.41) is 9.35. The molecule has 2 aromatic carbocycles. The highest BCUT2D eigenvalue weighted by Crippen LogP contribution is 2.19. The SMILES string of the molecule is Nc1ccc2cn(-c3nccc(Nc4ccc(Cl)cc4)n3)nc2c1. The third-order valence-corrected chi connectivity index (χ3v) is 3.75. The third kappa shape index (κ3) is 2.87. The van der Waals surface area contributed by atoms with E-state index in [1.165, 1.54) is 0 Å². The molecule has 0 aliphatic rings. The number of anilines is 3. The van der Waals surface area contributed by atoms with Crippen LogP contribution in [0.1, 0.15) is 0 Å². The van der Waals surface area contributed by atoms with Crippen molar-refractivity contribution in [3.63, 3.8) is 0 Å². The Kier molecular flexibility index (Phi) is 3.51. The molecule has 7 heteroatoms. The number of nitrogens with zero attached hydrogens (tertiary/aromatic N) is 4. The lowest BCUT2D eigenvalue weighted by Gasteiger charge is -2.06. The van der Waals surface area contributed by atoms with Crippen molar-refractivity contribution in [3.8, 4) is 5.95 Å². The highest BCUT2D eigenvalue weighted by atomic mass is 35.5. The fourth-order valence-electron chi connectivity index (χ4n) is 2.35. The predicted molar refractivity (Wildman–Crippen MR) is 95.8 cm³/mol. The summed E-state index contributed by atoms with van der Waals surface area (Å²) in [6.07, 6.45) is 3.55. The van der Waals surface area contributed by atoms with Crippen LogP contribution >= 0.6 is 11.6 Å². The lowest BCUT2D eigenvalue weighted by atomic mass is 10.2. The van der Waals surface area contributed by atoms with Crippen LogP contribution in [0.4, 0.5) is 17.2 Å². The molecule has 0 fully saturated rings. The molecule has 0 radical (unpaired) electrons. The Morgan fingerprint density at radius 3 is 2.71 bits per heavy atom. The van der Waals surface area contributed by atoms with E-state index in [0.717, 1.165) is 16.6 Å². The van der Waals surface area contributed by atoms with Crippen molar-refractivity contribution in [1.82, 2.24) is 19.7 Å². The van der Waals surface area contributed by atoms with Crippen LogP contribution in [0, 0.1) is 0 Å². The van der Waals surface area contributed by atoms with E-state index in [-0.39, 0.29) is 0 Å². The van der Waals surface area contributed by atoms with Gasteiger partial charge in [0.05, 0.1) is 5.52 Å². The molecule has 0 saturated carbocycles. The summed E-state index contributed by atoms with van der Waals surface area (Å²) >= 11 is 5.90. The second kappa shape index (κ2) is 5.82. The largest absolute Gasteiger partial charge is 0.399 e. The van der Waals surface area contributed by atoms with Crippen molar-refractivity contribution >= 4 is 39.7 Å². The number of fused-ring (bicyclic) bond motifs is 1. The topological polar surface area (TPSA) is 81.7 Å². The molecule has 0 aliphatic heterocycles. The van der Waals surface area contributed by atoms with Gasteiger partial charge in [0, 0.05) is 34.2 Å². The molecule has 0 amide bonds. The Bertz CT molecular complexity index is 1010. The summed E-state index contributed by atoms with van der Waals surface area (Å²) in [5.41, 5.74) is 8.16. The van der Waals surface area contributed by atoms with E-state index in [9.17, 15) is 0 Å². The van der Waals surface area contributed by atoms with Gasteiger partial charge in [-0.1, -0.05) is 11.6 Å². The Hall–Kier alpha value is -3.12. The number of aromatic nitrogens is 4. The Labute approximate surface area is 142 Å². The van der Waals surface area contributed by atoms with Crippen molar-refractivity contribution in [2.45, 2.75) is 0 Å². The van der Waals surface area contributed by atoms with Gasteiger partial charge in [0.15, 0.2) is 0 Å². The molecular weight excluding hydrogens is 324 g/mol. The van der Waals surface area contributed by atoms with Crippen molar-refractivity contribution in [2.75, 3.05) is 11.1 Å². The van der Waals surface area contributed by atoms with Gasteiger partial charge in [0.1, 0.15) is 5.82 Å². The molecule has 0 unspecified atom stereocenters. The summed E-state index contributed by atoms with van der Waals surface area (Å²) in [7, 11) is 0. The predicted octanol–water partition coefficient (Wildman–Crippen LogP) is 3.79. The third-order valence-electron chi connectivity index (χ3n) is 3.50. The van der Waals surface area contributed by atoms with Crippen LogP contribution in [0.2, 0.25) is 5.02 Å². The molecule has 24 heavy (non-hydrogen) atoms. The maximum absolute atomic E-state index is 5.90. The average Bonchev–Trinajstić information content (AvgIpc) is 3.00. The van der Waals surface area contributed by atoms with Crippen molar-refractivity contribution in [3.05, 3.63) is 65.9 Å². The van der Waals surface area contributed by atoms with Crippen LogP contribution in [-0.4, -0.2) is 19.7 Å². The second-order valence-corrected chi connectivity index (χ2v) is 5.70. The first-order valence-corrected chi connectivity index (χ1v) is 7.66. The molecule has 4 aromatic rings. The number of nitrogens with two attached hydrogens (primary N) is 1. The van der Waals surface area contributed by atoms with E-state index in [1.54, 1.807) is 16.9 Å². The highest BCUT2D eigenvalue weighted by Gasteiger charge is 2.06. The number of hydrogen-bond acceptors (Lipinski definition) is 5. The molecule has 2 heterocycles. The van der Waals surface area contributed by atoms with E-state index in [2.05, 4.69) is 20.4 Å². The second-order valence-electron chi connectivity index (χ2n) is 5.27. The lowest BCUT2D eigenvalue weighted by Crippen LogP contribution is -2.03. The molecule has 0 atom stereocenters. The number of hydrogen-bond donors (Lipinski definition) is 2. The number of halogens is 1. The molecule has 118 valence electrons. The first kappa shape index (κ1) is 14.5. The molecule has 0 spiro atoms. The van der Waals surface area contributed by atoms with Gasteiger partial charge in [0.25, 0.3) is 5.95 Å². The molecule has 4 rings (SSSR count). The van der Waals surface area contributed by atoms with Gasteiger partial charge in [-0.2, -0.15) is 10.1 Å². The maximum atomic E-state index is 5.90. The normalized spacial score (nSPS) is 10.9. The zero-order valence-corrected chi connectivity index (χ0v) is 13.3. The van der Waals surface area contributed by atoms with Crippen LogP contribution in [0.5, 0.6) is 0 Å². The van der Waals surface area contributed by atoms with Gasteiger partial charge in [-0.25, -0.2) is 9.67 Å². The Morgan fingerprint density at radius 2 is 1.88 bits per heavy atom. The average molecular weight is 337 g/mol. The van der Waals surface area contributed by atoms with Gasteiger partial charge < -0.3 is 11.1 Å². The van der Waals surface area contributed by atoms with E-state index in [0.29, 0.717) is 22.5 Å². The minimum absolute atomic E-state index is 0.476. The summed E-state index contributed by atoms with van der Waals surface area (Å²) in [6, 6.07) is 14.8. The molecule has 6 nitrogen and oxygen atoms in total. The summed E-state index contributed by atoms with van der Waals surface area (Å²) in [5.74, 6) is 1.14. The van der Waals surface area contributed by atoms with Crippen molar-refractivity contribution in [2.24, 2.45) is 0 Å². The number of nitrogens with one attached hydrogen (secondary N) is 1. The summed E-state index contributed by atoms with van der Waals surface area (Å²) in [6.45, 7) is 0. The van der Waals surface area contributed by atoms with Crippen molar-refractivity contribution < 1.29 is 0 Å². The lowest BCUT2D eigenvalue weighted by molar-refractivity contribution is 0.821. The minimum Gasteiger partial charge on any atom is -0.399 e. The van der Waals surface area contributed by atoms with Gasteiger partial charge in [-0.15, -0.1) is 0 Å². The fourth-order valence-corrected chi connectivity index (χ4v) is 2.47. The van der Waals surface area contributed by atoms with Crippen LogP contribution < -0.4 is 11.1 Å². The first-order valence-electron chi connectivity index (χ1n) is 7.28. The van der Waals surface area contributed by atoms with Gasteiger partial charge >= 0.3 is 0 Å². The van der Waals surface area contributed by atoms with Crippen LogP contribution in [0.3, 0.4) is 0 Å².